The van der Waals surface area contributed by atoms with Gasteiger partial charge in [-0.1, -0.05) is 77.0 Å². The Morgan fingerprint density at radius 2 is 1.77 bits per heavy atom. The first-order valence-electron chi connectivity index (χ1n) is 16.3. The third kappa shape index (κ3) is 5.88. The lowest BCUT2D eigenvalue weighted by Gasteiger charge is -2.58. The number of fused-ring (bicyclic) bond motifs is 5. The minimum atomic E-state index is -0.341. The van der Waals surface area contributed by atoms with Crippen molar-refractivity contribution in [1.82, 2.24) is 0 Å². The predicted octanol–water partition coefficient (Wildman–Crippen LogP) is 9.35. The van der Waals surface area contributed by atoms with Crippen LogP contribution in [0.3, 0.4) is 0 Å². The standard InChI is InChI=1S/C36H52O4/c1-4-5-6-7-8-9-10-26-14-16-30-29-15-13-27-24-28(19-21-36(27,3)31(29)20-22-35(26,30)2)40-34(39)18-12-25-11-17-32(37)33(38)23-25/h11-13,17-18,23,26,28-31,37-38H,4-10,14-16,19-22,24H2,1-3H3. The van der Waals surface area contributed by atoms with Gasteiger partial charge in [-0.15, -0.1) is 0 Å². The number of benzene rings is 1. The highest BCUT2D eigenvalue weighted by molar-refractivity contribution is 5.87. The average molecular weight is 549 g/mol. The third-order valence-electron chi connectivity index (χ3n) is 11.9. The summed E-state index contributed by atoms with van der Waals surface area (Å²) in [6, 6.07) is 4.51. The van der Waals surface area contributed by atoms with Gasteiger partial charge in [-0.05, 0) is 110 Å². The molecular formula is C36H52O4. The van der Waals surface area contributed by atoms with Crippen molar-refractivity contribution in [2.45, 2.75) is 123 Å². The summed E-state index contributed by atoms with van der Waals surface area (Å²) in [6.07, 6.45) is 25.2. The Morgan fingerprint density at radius 3 is 2.58 bits per heavy atom. The molecule has 7 atom stereocenters. The first kappa shape index (κ1) is 29.3. The fraction of sp³-hybridized carbons (Fsp3) is 0.694. The highest BCUT2D eigenvalue weighted by Crippen LogP contribution is 2.66. The summed E-state index contributed by atoms with van der Waals surface area (Å²) in [6.45, 7) is 7.48. The number of hydrogen-bond acceptors (Lipinski definition) is 4. The fourth-order valence-corrected chi connectivity index (χ4v) is 9.49. The summed E-state index contributed by atoms with van der Waals surface area (Å²) in [5.74, 6) is 2.70. The van der Waals surface area contributed by atoms with Gasteiger partial charge >= 0.3 is 5.97 Å². The first-order valence-corrected chi connectivity index (χ1v) is 16.3. The summed E-state index contributed by atoms with van der Waals surface area (Å²) in [4.78, 5) is 12.6. The van der Waals surface area contributed by atoms with Gasteiger partial charge in [0.2, 0.25) is 0 Å². The summed E-state index contributed by atoms with van der Waals surface area (Å²) in [5.41, 5.74) is 2.98. The van der Waals surface area contributed by atoms with E-state index in [4.69, 9.17) is 4.74 Å². The zero-order chi connectivity index (χ0) is 28.3. The Hall–Kier alpha value is -2.23. The van der Waals surface area contributed by atoms with Crippen LogP contribution in [-0.2, 0) is 9.53 Å². The highest BCUT2D eigenvalue weighted by Gasteiger charge is 2.58. The highest BCUT2D eigenvalue weighted by atomic mass is 16.5. The zero-order valence-corrected chi connectivity index (χ0v) is 25.2. The number of allylic oxidation sites excluding steroid dienone is 1. The quantitative estimate of drug-likeness (QED) is 0.100. The molecule has 0 aromatic heterocycles. The number of ether oxygens (including phenoxy) is 1. The van der Waals surface area contributed by atoms with Gasteiger partial charge < -0.3 is 14.9 Å². The molecule has 0 amide bonds. The van der Waals surface area contributed by atoms with Crippen LogP contribution in [0.2, 0.25) is 0 Å². The number of phenolic OH excluding ortho intramolecular Hbond substituents is 2. The number of carbonyl (C=O) groups is 1. The molecule has 3 saturated carbocycles. The van der Waals surface area contributed by atoms with Crippen LogP contribution in [0.25, 0.3) is 6.08 Å². The van der Waals surface area contributed by atoms with Gasteiger partial charge in [0.25, 0.3) is 0 Å². The van der Waals surface area contributed by atoms with Crippen LogP contribution >= 0.6 is 0 Å². The van der Waals surface area contributed by atoms with Crippen molar-refractivity contribution < 1.29 is 19.7 Å². The zero-order valence-electron chi connectivity index (χ0n) is 25.2. The molecule has 7 unspecified atom stereocenters. The van der Waals surface area contributed by atoms with Crippen molar-refractivity contribution >= 4 is 12.0 Å². The molecule has 0 aliphatic heterocycles. The molecule has 0 saturated heterocycles. The second kappa shape index (κ2) is 12.3. The summed E-state index contributed by atoms with van der Waals surface area (Å²) < 4.78 is 5.89. The molecule has 5 rings (SSSR count). The Bertz CT molecular complexity index is 1100. The van der Waals surface area contributed by atoms with E-state index in [1.54, 1.807) is 12.1 Å². The number of phenols is 2. The molecule has 0 radical (unpaired) electrons. The first-order chi connectivity index (χ1) is 19.2. The van der Waals surface area contributed by atoms with E-state index in [0.29, 0.717) is 11.0 Å². The van der Waals surface area contributed by atoms with E-state index in [9.17, 15) is 15.0 Å². The molecule has 1 aromatic rings. The van der Waals surface area contributed by atoms with Gasteiger partial charge in [0.05, 0.1) is 0 Å². The fourth-order valence-electron chi connectivity index (χ4n) is 9.49. The molecule has 4 aliphatic rings. The minimum absolute atomic E-state index is 0.0664. The van der Waals surface area contributed by atoms with E-state index in [1.807, 2.05) is 0 Å². The van der Waals surface area contributed by atoms with Crippen LogP contribution in [0.5, 0.6) is 11.5 Å². The lowest BCUT2D eigenvalue weighted by molar-refractivity contribution is -0.145. The van der Waals surface area contributed by atoms with E-state index in [1.165, 1.54) is 101 Å². The Morgan fingerprint density at radius 1 is 0.975 bits per heavy atom. The van der Waals surface area contributed by atoms with Gasteiger partial charge in [-0.3, -0.25) is 0 Å². The van der Waals surface area contributed by atoms with Crippen molar-refractivity contribution in [2.75, 3.05) is 0 Å². The second-order valence-corrected chi connectivity index (χ2v) is 14.0. The Labute approximate surface area is 242 Å². The van der Waals surface area contributed by atoms with Crippen LogP contribution in [0.4, 0.5) is 0 Å². The minimum Gasteiger partial charge on any atom is -0.504 e. The van der Waals surface area contributed by atoms with E-state index in [-0.39, 0.29) is 29.0 Å². The maximum atomic E-state index is 12.6. The number of carbonyl (C=O) groups excluding carboxylic acids is 1. The van der Waals surface area contributed by atoms with Gasteiger partial charge in [0, 0.05) is 12.5 Å². The van der Waals surface area contributed by atoms with Crippen molar-refractivity contribution in [1.29, 1.82) is 0 Å². The van der Waals surface area contributed by atoms with E-state index in [2.05, 4.69) is 26.8 Å². The van der Waals surface area contributed by atoms with Crippen LogP contribution in [0.15, 0.2) is 35.9 Å². The normalized spacial score (nSPS) is 35.1. The molecule has 220 valence electrons. The molecule has 0 heterocycles. The third-order valence-corrected chi connectivity index (χ3v) is 11.9. The molecule has 4 aliphatic carbocycles. The lowest BCUT2D eigenvalue weighted by Crippen LogP contribution is -2.50. The summed E-state index contributed by atoms with van der Waals surface area (Å²) in [7, 11) is 0. The van der Waals surface area contributed by atoms with Crippen molar-refractivity contribution in [3.05, 3.63) is 41.5 Å². The average Bonchev–Trinajstić information content (AvgIpc) is 3.27. The molecule has 4 heteroatoms. The van der Waals surface area contributed by atoms with Gasteiger partial charge in [0.15, 0.2) is 11.5 Å². The monoisotopic (exact) mass is 548 g/mol. The number of esters is 1. The molecule has 4 nitrogen and oxygen atoms in total. The number of rotatable bonds is 10. The maximum absolute atomic E-state index is 12.6. The van der Waals surface area contributed by atoms with Crippen molar-refractivity contribution in [2.24, 2.45) is 34.5 Å². The Balaban J connectivity index is 1.17. The lowest BCUT2D eigenvalue weighted by atomic mass is 9.47. The van der Waals surface area contributed by atoms with Crippen LogP contribution in [0.1, 0.15) is 123 Å². The summed E-state index contributed by atoms with van der Waals surface area (Å²) >= 11 is 0. The molecule has 40 heavy (non-hydrogen) atoms. The van der Waals surface area contributed by atoms with E-state index in [0.717, 1.165) is 42.9 Å². The van der Waals surface area contributed by atoms with Crippen LogP contribution in [-0.4, -0.2) is 22.3 Å². The summed E-state index contributed by atoms with van der Waals surface area (Å²) in [5, 5.41) is 19.2. The topological polar surface area (TPSA) is 66.8 Å². The van der Waals surface area contributed by atoms with Crippen molar-refractivity contribution in [3.8, 4) is 11.5 Å². The molecule has 3 fully saturated rings. The van der Waals surface area contributed by atoms with Gasteiger partial charge in [0.1, 0.15) is 6.10 Å². The molecule has 0 spiro atoms. The van der Waals surface area contributed by atoms with E-state index >= 15 is 0 Å². The predicted molar refractivity (Wildman–Crippen MR) is 162 cm³/mol. The molecular weight excluding hydrogens is 496 g/mol. The van der Waals surface area contributed by atoms with Gasteiger partial charge in [-0.25, -0.2) is 4.79 Å². The molecule has 1 aromatic carbocycles. The van der Waals surface area contributed by atoms with Gasteiger partial charge in [-0.2, -0.15) is 0 Å². The van der Waals surface area contributed by atoms with Crippen LogP contribution < -0.4 is 0 Å². The number of aromatic hydroxyl groups is 2. The number of hydrogen-bond donors (Lipinski definition) is 2. The number of unbranched alkanes of at least 4 members (excludes halogenated alkanes) is 5. The second-order valence-electron chi connectivity index (χ2n) is 14.0. The molecule has 0 bridgehead atoms. The smallest absolute Gasteiger partial charge is 0.331 e. The van der Waals surface area contributed by atoms with Crippen molar-refractivity contribution in [3.63, 3.8) is 0 Å². The SMILES string of the molecule is CCCCCCCCC1CCC2C3CC=C4CC(OC(=O)C=Cc5ccc(O)c(O)c5)CCC4(C)C3CCC12C. The maximum Gasteiger partial charge on any atom is 0.331 e. The molecule has 2 N–H and O–H groups in total. The van der Waals surface area contributed by atoms with E-state index < -0.39 is 0 Å². The van der Waals surface area contributed by atoms with Crippen LogP contribution in [0, 0.1) is 34.5 Å². The largest absolute Gasteiger partial charge is 0.504 e. The Kier molecular flexibility index (Phi) is 9.02.